The highest BCUT2D eigenvalue weighted by atomic mass is 16.3. The third kappa shape index (κ3) is 1.66. The van der Waals surface area contributed by atoms with E-state index in [0.29, 0.717) is 0 Å². The second-order valence-electron chi connectivity index (χ2n) is 6.14. The predicted molar refractivity (Wildman–Crippen MR) is 84.0 cm³/mol. The molecule has 0 heterocycles. The van der Waals surface area contributed by atoms with Crippen molar-refractivity contribution in [3.8, 4) is 0 Å². The molecule has 0 amide bonds. The molecule has 1 aliphatic carbocycles. The smallest absolute Gasteiger partial charge is 0.0871 e. The average molecular weight is 262 g/mol. The van der Waals surface area contributed by atoms with Gasteiger partial charge < -0.3 is 5.11 Å². The standard InChI is InChI=1S/C19H18O/c1-19(20)10-4-6-15-11-17-14(12-18(15)19)9-8-13-5-2-3-7-16(13)17/h2-3,5,7-9,11-12,20H,4,6,10H2,1H3. The molecule has 0 fully saturated rings. The van der Waals surface area contributed by atoms with E-state index in [-0.39, 0.29) is 0 Å². The van der Waals surface area contributed by atoms with Crippen LogP contribution in [0.15, 0.2) is 48.5 Å². The van der Waals surface area contributed by atoms with E-state index in [1.807, 2.05) is 6.92 Å². The van der Waals surface area contributed by atoms with Crippen LogP contribution in [0.25, 0.3) is 21.5 Å². The second-order valence-corrected chi connectivity index (χ2v) is 6.14. The molecule has 100 valence electrons. The first-order chi connectivity index (χ1) is 9.65. The molecule has 0 bridgehead atoms. The summed E-state index contributed by atoms with van der Waals surface area (Å²) in [5.41, 5.74) is 1.75. The Labute approximate surface area is 118 Å². The van der Waals surface area contributed by atoms with Crippen molar-refractivity contribution >= 4 is 21.5 Å². The summed E-state index contributed by atoms with van der Waals surface area (Å²) >= 11 is 0. The van der Waals surface area contributed by atoms with Crippen molar-refractivity contribution in [2.45, 2.75) is 31.8 Å². The van der Waals surface area contributed by atoms with Crippen molar-refractivity contribution in [2.75, 3.05) is 0 Å². The van der Waals surface area contributed by atoms with Gasteiger partial charge in [0.2, 0.25) is 0 Å². The molecule has 1 N–H and O–H groups in total. The van der Waals surface area contributed by atoms with Crippen LogP contribution >= 0.6 is 0 Å². The summed E-state index contributed by atoms with van der Waals surface area (Å²) in [5, 5.41) is 15.7. The number of benzene rings is 3. The van der Waals surface area contributed by atoms with Gasteiger partial charge in [-0.25, -0.2) is 0 Å². The Bertz CT molecular complexity index is 814. The fourth-order valence-electron chi connectivity index (χ4n) is 3.57. The molecule has 1 unspecified atom stereocenters. The Morgan fingerprint density at radius 3 is 2.65 bits per heavy atom. The topological polar surface area (TPSA) is 20.2 Å². The van der Waals surface area contributed by atoms with Crippen molar-refractivity contribution in [3.05, 3.63) is 59.7 Å². The van der Waals surface area contributed by atoms with Crippen LogP contribution in [-0.4, -0.2) is 5.11 Å². The Kier molecular flexibility index (Phi) is 2.42. The van der Waals surface area contributed by atoms with Gasteiger partial charge in [-0.05, 0) is 64.9 Å². The molecule has 0 radical (unpaired) electrons. The van der Waals surface area contributed by atoms with Gasteiger partial charge in [-0.15, -0.1) is 0 Å². The Balaban J connectivity index is 2.10. The summed E-state index contributed by atoms with van der Waals surface area (Å²) in [6.45, 7) is 1.94. The van der Waals surface area contributed by atoms with Crippen LogP contribution in [0.1, 0.15) is 30.9 Å². The van der Waals surface area contributed by atoms with Crippen LogP contribution in [0, 0.1) is 0 Å². The number of hydrogen-bond donors (Lipinski definition) is 1. The Morgan fingerprint density at radius 2 is 1.75 bits per heavy atom. The largest absolute Gasteiger partial charge is 0.385 e. The van der Waals surface area contributed by atoms with E-state index in [9.17, 15) is 5.11 Å². The first-order valence-electron chi connectivity index (χ1n) is 7.32. The van der Waals surface area contributed by atoms with Gasteiger partial charge in [0, 0.05) is 0 Å². The molecular weight excluding hydrogens is 244 g/mol. The fraction of sp³-hybridized carbons (Fsp3) is 0.263. The number of fused-ring (bicyclic) bond motifs is 4. The summed E-state index contributed by atoms with van der Waals surface area (Å²) in [7, 11) is 0. The van der Waals surface area contributed by atoms with E-state index >= 15 is 0 Å². The molecule has 0 aliphatic heterocycles. The van der Waals surface area contributed by atoms with E-state index < -0.39 is 5.60 Å². The van der Waals surface area contributed by atoms with Crippen molar-refractivity contribution in [2.24, 2.45) is 0 Å². The summed E-state index contributed by atoms with van der Waals surface area (Å²) < 4.78 is 0. The molecule has 1 heteroatoms. The third-order valence-corrected chi connectivity index (χ3v) is 4.66. The molecular formula is C19H18O. The second kappa shape index (κ2) is 4.07. The number of aliphatic hydroxyl groups is 1. The van der Waals surface area contributed by atoms with Gasteiger partial charge in [0.05, 0.1) is 5.60 Å². The van der Waals surface area contributed by atoms with E-state index in [0.717, 1.165) is 24.8 Å². The number of hydrogen-bond acceptors (Lipinski definition) is 1. The van der Waals surface area contributed by atoms with Crippen LogP contribution in [-0.2, 0) is 12.0 Å². The van der Waals surface area contributed by atoms with E-state index in [1.165, 1.54) is 27.1 Å². The molecule has 0 saturated carbocycles. The van der Waals surface area contributed by atoms with Gasteiger partial charge in [0.25, 0.3) is 0 Å². The molecule has 3 aromatic carbocycles. The van der Waals surface area contributed by atoms with Gasteiger partial charge in [0.1, 0.15) is 0 Å². The molecule has 1 atom stereocenters. The minimum Gasteiger partial charge on any atom is -0.385 e. The number of rotatable bonds is 0. The van der Waals surface area contributed by atoms with Crippen LogP contribution in [0.4, 0.5) is 0 Å². The summed E-state index contributed by atoms with van der Waals surface area (Å²) in [4.78, 5) is 0. The zero-order chi connectivity index (χ0) is 13.7. The van der Waals surface area contributed by atoms with Crippen molar-refractivity contribution in [3.63, 3.8) is 0 Å². The van der Waals surface area contributed by atoms with E-state index in [2.05, 4.69) is 48.5 Å². The van der Waals surface area contributed by atoms with Crippen molar-refractivity contribution in [1.29, 1.82) is 0 Å². The van der Waals surface area contributed by atoms with Gasteiger partial charge >= 0.3 is 0 Å². The monoisotopic (exact) mass is 262 g/mol. The fourth-order valence-corrected chi connectivity index (χ4v) is 3.57. The molecule has 0 saturated heterocycles. The zero-order valence-corrected chi connectivity index (χ0v) is 11.7. The van der Waals surface area contributed by atoms with Crippen LogP contribution < -0.4 is 0 Å². The number of aryl methyl sites for hydroxylation is 1. The SMILES string of the molecule is CC1(O)CCCc2cc3c(ccc4ccccc43)cc21. The molecule has 0 spiro atoms. The molecule has 4 rings (SSSR count). The normalized spacial score (nSPS) is 22.1. The Morgan fingerprint density at radius 1 is 0.950 bits per heavy atom. The quantitative estimate of drug-likeness (QED) is 0.590. The zero-order valence-electron chi connectivity index (χ0n) is 11.7. The lowest BCUT2D eigenvalue weighted by atomic mass is 9.79. The van der Waals surface area contributed by atoms with Crippen LogP contribution in [0.3, 0.4) is 0 Å². The highest BCUT2D eigenvalue weighted by molar-refractivity contribution is 6.07. The van der Waals surface area contributed by atoms with Crippen LogP contribution in [0.2, 0.25) is 0 Å². The summed E-state index contributed by atoms with van der Waals surface area (Å²) in [5.74, 6) is 0. The molecule has 3 aromatic rings. The maximum Gasteiger partial charge on any atom is 0.0871 e. The highest BCUT2D eigenvalue weighted by Crippen LogP contribution is 2.38. The first-order valence-corrected chi connectivity index (χ1v) is 7.32. The molecule has 20 heavy (non-hydrogen) atoms. The predicted octanol–water partition coefficient (Wildman–Crippen LogP) is 4.54. The molecule has 1 aliphatic rings. The van der Waals surface area contributed by atoms with E-state index in [4.69, 9.17) is 0 Å². The van der Waals surface area contributed by atoms with Gasteiger partial charge in [-0.3, -0.25) is 0 Å². The Hall–Kier alpha value is -1.86. The maximum absolute atomic E-state index is 10.6. The minimum atomic E-state index is -0.673. The van der Waals surface area contributed by atoms with Crippen molar-refractivity contribution in [1.82, 2.24) is 0 Å². The van der Waals surface area contributed by atoms with Crippen LogP contribution in [0.5, 0.6) is 0 Å². The van der Waals surface area contributed by atoms with Gasteiger partial charge in [0.15, 0.2) is 0 Å². The average Bonchev–Trinajstić information content (AvgIpc) is 2.45. The summed E-state index contributed by atoms with van der Waals surface area (Å²) in [6.07, 6.45) is 3.00. The molecule has 0 aromatic heterocycles. The van der Waals surface area contributed by atoms with Gasteiger partial charge in [-0.1, -0.05) is 42.5 Å². The van der Waals surface area contributed by atoms with Gasteiger partial charge in [-0.2, -0.15) is 0 Å². The molecule has 1 nitrogen and oxygen atoms in total. The van der Waals surface area contributed by atoms with Crippen molar-refractivity contribution < 1.29 is 5.11 Å². The lowest BCUT2D eigenvalue weighted by Crippen LogP contribution is -2.26. The minimum absolute atomic E-state index is 0.673. The lowest BCUT2D eigenvalue weighted by Gasteiger charge is -2.31. The first kappa shape index (κ1) is 11.9. The van der Waals surface area contributed by atoms with E-state index in [1.54, 1.807) is 0 Å². The third-order valence-electron chi connectivity index (χ3n) is 4.66. The highest BCUT2D eigenvalue weighted by Gasteiger charge is 2.29. The maximum atomic E-state index is 10.6. The summed E-state index contributed by atoms with van der Waals surface area (Å²) in [6, 6.07) is 17.3. The lowest BCUT2D eigenvalue weighted by molar-refractivity contribution is 0.0389.